The maximum atomic E-state index is 12.8. The summed E-state index contributed by atoms with van der Waals surface area (Å²) in [4.78, 5) is 12.8. The topological polar surface area (TPSA) is 44.8 Å². The van der Waals surface area contributed by atoms with E-state index >= 15 is 0 Å². The summed E-state index contributed by atoms with van der Waals surface area (Å²) in [6.45, 7) is 27.6. The minimum absolute atomic E-state index is 0.323. The third kappa shape index (κ3) is 5.55. The number of hydrogen-bond acceptors (Lipinski definition) is 4. The van der Waals surface area contributed by atoms with Gasteiger partial charge in [-0.25, -0.2) is 4.79 Å². The molecule has 1 heterocycles. The molecule has 4 nitrogen and oxygen atoms in total. The second-order valence-electron chi connectivity index (χ2n) is 11.1. The highest BCUT2D eigenvalue weighted by Crippen LogP contribution is 2.50. The quantitative estimate of drug-likeness (QED) is 0.136. The minimum Gasteiger partial charge on any atom is -0.455 e. The predicted molar refractivity (Wildman–Crippen MR) is 143 cm³/mol. The molecule has 2 atom stereocenters. The zero-order valence-electron chi connectivity index (χ0n) is 21.7. The molecular weight excluding hydrogens is 556 g/mol. The summed E-state index contributed by atoms with van der Waals surface area (Å²) in [5.41, 5.74) is 2.65. The van der Waals surface area contributed by atoms with Crippen LogP contribution in [-0.4, -0.2) is 44.7 Å². The molecule has 0 unspecified atom stereocenters. The molecule has 0 spiro atoms. The molecule has 1 fully saturated rings. The van der Waals surface area contributed by atoms with Crippen molar-refractivity contribution in [3.8, 4) is 0 Å². The molecule has 0 bridgehead atoms. The minimum atomic E-state index is -2.23. The van der Waals surface area contributed by atoms with Crippen molar-refractivity contribution in [2.75, 3.05) is 6.61 Å². The Hall–Kier alpha value is 0.784. The Morgan fingerprint density at radius 3 is 1.45 bits per heavy atom. The number of cyclic esters (lactones) is 1. The highest BCUT2D eigenvalue weighted by Gasteiger charge is 2.60. The van der Waals surface area contributed by atoms with Crippen LogP contribution in [0.1, 0.15) is 83.1 Å². The Kier molecular flexibility index (Phi) is 10.6. The highest BCUT2D eigenvalue weighted by atomic mass is 79.9. The van der Waals surface area contributed by atoms with Crippen molar-refractivity contribution in [3.63, 3.8) is 0 Å². The molecular formula is C23H46Br2O4Si2. The molecule has 0 radical (unpaired) electrons. The molecule has 0 aromatic rings. The number of halogens is 2. The number of ether oxygens (including phenoxy) is 1. The third-order valence-electron chi connectivity index (χ3n) is 7.47. The van der Waals surface area contributed by atoms with Crippen molar-refractivity contribution in [2.24, 2.45) is 0 Å². The molecule has 8 heteroatoms. The molecule has 1 aliphatic rings. The van der Waals surface area contributed by atoms with Crippen LogP contribution in [0.4, 0.5) is 0 Å². The molecule has 0 amide bonds. The number of hydrogen-bond donors (Lipinski definition) is 0. The molecule has 1 rings (SSSR count). The number of esters is 1. The van der Waals surface area contributed by atoms with E-state index in [1.165, 1.54) is 0 Å². The van der Waals surface area contributed by atoms with Crippen LogP contribution in [0.2, 0.25) is 33.2 Å². The second kappa shape index (κ2) is 11.0. The van der Waals surface area contributed by atoms with E-state index in [1.54, 1.807) is 0 Å². The van der Waals surface area contributed by atoms with Gasteiger partial charge in [0.2, 0.25) is 19.9 Å². The molecule has 0 saturated carbocycles. The molecule has 0 aliphatic carbocycles. The van der Waals surface area contributed by atoms with E-state index in [4.69, 9.17) is 13.6 Å². The van der Waals surface area contributed by atoms with Gasteiger partial charge in [0.1, 0.15) is 6.10 Å². The van der Waals surface area contributed by atoms with Crippen molar-refractivity contribution in [1.82, 2.24) is 0 Å². The number of carbonyl (C=O) groups is 1. The van der Waals surface area contributed by atoms with Crippen molar-refractivity contribution in [2.45, 2.75) is 132 Å². The normalized spacial score (nSPS) is 22.6. The first-order chi connectivity index (χ1) is 14.0. The number of rotatable bonds is 11. The Bertz CT molecular complexity index is 563. The number of alkyl halides is 2. The zero-order chi connectivity index (χ0) is 24.5. The van der Waals surface area contributed by atoms with Gasteiger partial charge in [-0.2, -0.15) is 0 Å². The van der Waals surface area contributed by atoms with Crippen LogP contribution in [0.5, 0.6) is 0 Å². The fourth-order valence-corrected chi connectivity index (χ4v) is 18.6. The van der Waals surface area contributed by atoms with Crippen LogP contribution in [0.25, 0.3) is 0 Å². The van der Waals surface area contributed by atoms with E-state index in [2.05, 4.69) is 115 Å². The summed E-state index contributed by atoms with van der Waals surface area (Å²) in [5.74, 6) is -0.323. The molecule has 0 N–H and O–H groups in total. The monoisotopic (exact) mass is 600 g/mol. The first kappa shape index (κ1) is 29.8. The average molecular weight is 603 g/mol. The lowest BCUT2D eigenvalue weighted by molar-refractivity contribution is -0.143. The van der Waals surface area contributed by atoms with E-state index in [0.29, 0.717) is 39.9 Å². The van der Waals surface area contributed by atoms with Crippen LogP contribution in [0.3, 0.4) is 0 Å². The van der Waals surface area contributed by atoms with Gasteiger partial charge in [-0.15, -0.1) is 0 Å². The maximum absolute atomic E-state index is 12.8. The van der Waals surface area contributed by atoms with Crippen molar-refractivity contribution in [3.05, 3.63) is 0 Å². The lowest BCUT2D eigenvalue weighted by Gasteiger charge is -2.46. The second-order valence-corrected chi connectivity index (χ2v) is 25.5. The van der Waals surface area contributed by atoms with Gasteiger partial charge in [-0.3, -0.25) is 0 Å². The largest absolute Gasteiger partial charge is 0.455 e. The van der Waals surface area contributed by atoms with E-state index in [9.17, 15) is 4.79 Å². The van der Waals surface area contributed by atoms with E-state index in [-0.39, 0.29) is 5.97 Å². The molecule has 0 aromatic carbocycles. The SMILES string of the molecule is CC(C)[Si](OC[C@H]1OC(=O)C(Br)(Br)[C@@H]1O[Si](C(C)C)(C(C)C)C(C)C)(C(C)C)C(C)C. The first-order valence-corrected chi connectivity index (χ1v) is 17.8. The highest BCUT2D eigenvalue weighted by molar-refractivity contribution is 9.26. The maximum Gasteiger partial charge on any atom is 0.337 e. The van der Waals surface area contributed by atoms with Gasteiger partial charge in [-0.05, 0) is 33.2 Å². The molecule has 0 aromatic heterocycles. The van der Waals surface area contributed by atoms with Gasteiger partial charge in [0.15, 0.2) is 6.10 Å². The average Bonchev–Trinajstić information content (AvgIpc) is 2.80. The van der Waals surface area contributed by atoms with Crippen LogP contribution in [-0.2, 0) is 18.4 Å². The van der Waals surface area contributed by atoms with E-state index < -0.39 is 32.1 Å². The molecule has 31 heavy (non-hydrogen) atoms. The first-order valence-electron chi connectivity index (χ1n) is 11.9. The fraction of sp³-hybridized carbons (Fsp3) is 0.957. The summed E-state index contributed by atoms with van der Waals surface area (Å²) >= 11 is 7.23. The van der Waals surface area contributed by atoms with Gasteiger partial charge < -0.3 is 13.6 Å². The van der Waals surface area contributed by atoms with Crippen LogP contribution in [0, 0.1) is 0 Å². The van der Waals surface area contributed by atoms with Crippen LogP contribution in [0.15, 0.2) is 0 Å². The third-order valence-corrected chi connectivity index (χ3v) is 21.2. The zero-order valence-corrected chi connectivity index (χ0v) is 26.9. The lowest BCUT2D eigenvalue weighted by Crippen LogP contribution is -2.56. The van der Waals surface area contributed by atoms with E-state index in [1.807, 2.05) is 0 Å². The molecule has 1 aliphatic heterocycles. The Morgan fingerprint density at radius 1 is 0.774 bits per heavy atom. The Labute approximate surface area is 210 Å². The van der Waals surface area contributed by atoms with Gasteiger partial charge in [0.25, 0.3) is 0 Å². The van der Waals surface area contributed by atoms with Gasteiger partial charge >= 0.3 is 5.97 Å². The standard InChI is InChI=1S/C23H46Br2O4Si2/c1-14(2)30(15(3)4,16(5)6)27-13-20-21(23(24,25)22(26)28-20)29-31(17(7)8,18(9)10)19(11)12/h14-21H,13H2,1-12H3/t20-,21-/m1/s1. The Morgan fingerprint density at radius 2 is 1.13 bits per heavy atom. The summed E-state index contributed by atoms with van der Waals surface area (Å²) in [6.07, 6.45) is -0.866. The van der Waals surface area contributed by atoms with Crippen molar-refractivity contribution >= 4 is 54.5 Å². The predicted octanol–water partition coefficient (Wildman–Crippen LogP) is 8.15. The summed E-state index contributed by atoms with van der Waals surface area (Å²) in [6, 6.07) is 0. The van der Waals surface area contributed by atoms with Crippen molar-refractivity contribution < 1.29 is 18.4 Å². The van der Waals surface area contributed by atoms with Crippen LogP contribution >= 0.6 is 31.9 Å². The smallest absolute Gasteiger partial charge is 0.337 e. The summed E-state index contributed by atoms with van der Waals surface area (Å²) in [5, 5.41) is 0. The van der Waals surface area contributed by atoms with Crippen LogP contribution < -0.4 is 0 Å². The molecule has 184 valence electrons. The summed E-state index contributed by atoms with van der Waals surface area (Å²) in [7, 11) is -4.31. The van der Waals surface area contributed by atoms with E-state index in [0.717, 1.165) is 0 Å². The number of carbonyl (C=O) groups excluding carboxylic acids is 1. The van der Waals surface area contributed by atoms with Gasteiger partial charge in [0.05, 0.1) is 6.61 Å². The van der Waals surface area contributed by atoms with Crippen molar-refractivity contribution in [1.29, 1.82) is 0 Å². The lowest BCUT2D eigenvalue weighted by atomic mass is 10.2. The Balaban J connectivity index is 3.33. The van der Waals surface area contributed by atoms with Gasteiger partial charge in [-0.1, -0.05) is 115 Å². The summed E-state index contributed by atoms with van der Waals surface area (Å²) < 4.78 is 18.7. The fourth-order valence-electron chi connectivity index (χ4n) is 6.25. The van der Waals surface area contributed by atoms with Gasteiger partial charge in [0, 0.05) is 0 Å². The molecule has 1 saturated heterocycles.